The quantitative estimate of drug-likeness (QED) is 0.501. The Kier molecular flexibility index (Phi) is 5.23. The van der Waals surface area contributed by atoms with Crippen molar-refractivity contribution >= 4 is 72.1 Å². The molecule has 29 heavy (non-hydrogen) atoms. The molecular weight excluding hydrogens is 498 g/mol. The van der Waals surface area contributed by atoms with Crippen molar-refractivity contribution < 1.29 is 17.9 Å². The Morgan fingerprint density at radius 2 is 2.03 bits per heavy atom. The van der Waals surface area contributed by atoms with Crippen molar-refractivity contribution in [1.29, 1.82) is 0 Å². The molecule has 2 aromatic rings. The Morgan fingerprint density at radius 3 is 2.79 bits per heavy atom. The van der Waals surface area contributed by atoms with Gasteiger partial charge in [0.2, 0.25) is 0 Å². The zero-order valence-electron chi connectivity index (χ0n) is 14.7. The number of amidine groups is 1. The van der Waals surface area contributed by atoms with Gasteiger partial charge in [-0.3, -0.25) is 10.2 Å². The van der Waals surface area contributed by atoms with Crippen LogP contribution in [0.3, 0.4) is 0 Å². The van der Waals surface area contributed by atoms with Crippen LogP contribution in [0.15, 0.2) is 61.1 Å². The lowest BCUT2D eigenvalue weighted by molar-refractivity contribution is -0.123. The number of nitrogens with zero attached hydrogens (tertiary/aromatic N) is 2. The van der Waals surface area contributed by atoms with Crippen LogP contribution < -0.4 is 10.2 Å². The molecule has 11 heteroatoms. The van der Waals surface area contributed by atoms with Gasteiger partial charge in [0.1, 0.15) is 10.6 Å². The van der Waals surface area contributed by atoms with E-state index in [9.17, 15) is 13.2 Å². The van der Waals surface area contributed by atoms with Crippen molar-refractivity contribution in [2.75, 3.05) is 7.11 Å². The topological polar surface area (TPSA) is 88.1 Å². The number of thiocarbonyl (C=S) groups is 1. The number of methoxy groups -OCH3 is 1. The van der Waals surface area contributed by atoms with Crippen LogP contribution in [0, 0.1) is 0 Å². The number of thioether (sulfide) groups is 1. The highest BCUT2D eigenvalue weighted by Gasteiger charge is 2.36. The minimum absolute atomic E-state index is 0.0539. The van der Waals surface area contributed by atoms with Crippen LogP contribution >= 0.6 is 39.9 Å². The Hall–Kier alpha value is -2.21. The fourth-order valence-electron chi connectivity index (χ4n) is 2.82. The van der Waals surface area contributed by atoms with Crippen molar-refractivity contribution in [3.05, 3.63) is 63.0 Å². The molecule has 0 radical (unpaired) electrons. The van der Waals surface area contributed by atoms with Gasteiger partial charge in [0.05, 0.1) is 12.0 Å². The van der Waals surface area contributed by atoms with Gasteiger partial charge in [0.25, 0.3) is 15.9 Å². The van der Waals surface area contributed by atoms with Crippen LogP contribution in [-0.4, -0.2) is 36.6 Å². The standard InChI is InChI=1S/C18H12BrN3O4S3/c1-26-13-7-6-11(19)8-10(13)9-14-17(23)22(18(27)28-14)20-16-12-4-2-3-5-15(12)29(24,25)21-16/h2-9H,1H3,(H,20,21)/b14-9+. The highest BCUT2D eigenvalue weighted by molar-refractivity contribution is 9.10. The SMILES string of the molecule is COc1ccc(Br)cc1/C=C1/SC(=S)N(NC2=NS(=O)(=O)c3ccccc32)C1=O. The second-order valence-electron chi connectivity index (χ2n) is 5.93. The first-order valence-corrected chi connectivity index (χ1v) is 11.6. The number of benzene rings is 2. The predicted octanol–water partition coefficient (Wildman–Crippen LogP) is 3.31. The minimum atomic E-state index is -3.81. The van der Waals surface area contributed by atoms with E-state index in [0.717, 1.165) is 21.2 Å². The van der Waals surface area contributed by atoms with Gasteiger partial charge in [-0.2, -0.15) is 13.4 Å². The van der Waals surface area contributed by atoms with Crippen LogP contribution in [0.5, 0.6) is 5.75 Å². The largest absolute Gasteiger partial charge is 0.496 e. The number of halogens is 1. The van der Waals surface area contributed by atoms with Gasteiger partial charge in [-0.25, -0.2) is 0 Å². The van der Waals surface area contributed by atoms with Crippen molar-refractivity contribution in [3.8, 4) is 5.75 Å². The number of rotatable bonds is 3. The Bertz CT molecular complexity index is 1220. The van der Waals surface area contributed by atoms with Gasteiger partial charge < -0.3 is 4.74 Å². The van der Waals surface area contributed by atoms with Gasteiger partial charge in [-0.05, 0) is 48.6 Å². The van der Waals surface area contributed by atoms with Crippen molar-refractivity contribution in [2.45, 2.75) is 4.90 Å². The summed E-state index contributed by atoms with van der Waals surface area (Å²) in [6, 6.07) is 11.8. The Labute approximate surface area is 185 Å². The monoisotopic (exact) mass is 509 g/mol. The third-order valence-electron chi connectivity index (χ3n) is 4.12. The molecule has 1 fully saturated rings. The summed E-state index contributed by atoms with van der Waals surface area (Å²) in [5.74, 6) is 0.247. The van der Waals surface area contributed by atoms with E-state index in [1.54, 1.807) is 37.5 Å². The molecule has 0 spiro atoms. The summed E-state index contributed by atoms with van der Waals surface area (Å²) in [6.45, 7) is 0. The second-order valence-corrected chi connectivity index (χ2v) is 10.1. The predicted molar refractivity (Wildman–Crippen MR) is 119 cm³/mol. The molecule has 0 atom stereocenters. The molecule has 2 heterocycles. The molecule has 1 N–H and O–H groups in total. The summed E-state index contributed by atoms with van der Waals surface area (Å²) >= 11 is 9.81. The van der Waals surface area contributed by atoms with Crippen molar-refractivity contribution in [3.63, 3.8) is 0 Å². The zero-order chi connectivity index (χ0) is 20.8. The molecule has 0 unspecified atom stereocenters. The number of amides is 1. The van der Waals surface area contributed by atoms with E-state index in [1.807, 2.05) is 12.1 Å². The van der Waals surface area contributed by atoms with E-state index in [-0.39, 0.29) is 15.1 Å². The molecule has 0 aliphatic carbocycles. The van der Waals surface area contributed by atoms with E-state index < -0.39 is 15.9 Å². The molecule has 7 nitrogen and oxygen atoms in total. The fraction of sp³-hybridized carbons (Fsp3) is 0.0556. The van der Waals surface area contributed by atoms with Gasteiger partial charge >= 0.3 is 0 Å². The summed E-state index contributed by atoms with van der Waals surface area (Å²) in [6.07, 6.45) is 1.67. The number of fused-ring (bicyclic) bond motifs is 1. The minimum Gasteiger partial charge on any atom is -0.496 e. The Morgan fingerprint density at radius 1 is 1.28 bits per heavy atom. The van der Waals surface area contributed by atoms with Crippen LogP contribution in [0.4, 0.5) is 0 Å². The number of carbonyl (C=O) groups is 1. The van der Waals surface area contributed by atoms with Crippen LogP contribution in [-0.2, 0) is 14.8 Å². The molecule has 1 amide bonds. The third kappa shape index (κ3) is 3.70. The van der Waals surface area contributed by atoms with Gasteiger partial charge in [-0.1, -0.05) is 39.8 Å². The summed E-state index contributed by atoms with van der Waals surface area (Å²) < 4.78 is 34.6. The van der Waals surface area contributed by atoms with E-state index in [1.165, 1.54) is 6.07 Å². The van der Waals surface area contributed by atoms with Crippen molar-refractivity contribution in [1.82, 2.24) is 10.4 Å². The molecule has 0 bridgehead atoms. The number of hydrogen-bond acceptors (Lipinski definition) is 7. The van der Waals surface area contributed by atoms with Gasteiger partial charge in [-0.15, -0.1) is 4.40 Å². The first-order valence-electron chi connectivity index (χ1n) is 8.13. The number of hydrogen-bond donors (Lipinski definition) is 1. The maximum Gasteiger partial charge on any atom is 0.285 e. The summed E-state index contributed by atoms with van der Waals surface area (Å²) in [5.41, 5.74) is 3.85. The highest BCUT2D eigenvalue weighted by Crippen LogP contribution is 2.35. The molecule has 2 aromatic carbocycles. The fourth-order valence-corrected chi connectivity index (χ4v) is 5.54. The maximum atomic E-state index is 12.9. The average molecular weight is 510 g/mol. The number of hydrazine groups is 1. The second kappa shape index (κ2) is 7.56. The van der Waals surface area contributed by atoms with Crippen LogP contribution in [0.2, 0.25) is 0 Å². The average Bonchev–Trinajstić information content (AvgIpc) is 3.10. The molecule has 148 valence electrons. The summed E-state index contributed by atoms with van der Waals surface area (Å²) in [5, 5.41) is 1.12. The number of sulfonamides is 1. The van der Waals surface area contributed by atoms with E-state index in [4.69, 9.17) is 17.0 Å². The maximum absolute atomic E-state index is 12.9. The lowest BCUT2D eigenvalue weighted by atomic mass is 10.2. The lowest BCUT2D eigenvalue weighted by Gasteiger charge is -2.16. The lowest BCUT2D eigenvalue weighted by Crippen LogP contribution is -2.44. The molecule has 2 aliphatic heterocycles. The third-order valence-corrected chi connectivity index (χ3v) is 7.25. The van der Waals surface area contributed by atoms with Crippen LogP contribution in [0.25, 0.3) is 6.08 Å². The van der Waals surface area contributed by atoms with Crippen molar-refractivity contribution in [2.24, 2.45) is 4.40 Å². The van der Waals surface area contributed by atoms with Gasteiger partial charge in [0, 0.05) is 15.6 Å². The molecule has 0 saturated carbocycles. The first-order chi connectivity index (χ1) is 13.8. The molecule has 0 aromatic heterocycles. The molecule has 4 rings (SSSR count). The van der Waals surface area contributed by atoms with E-state index >= 15 is 0 Å². The highest BCUT2D eigenvalue weighted by atomic mass is 79.9. The molecule has 2 aliphatic rings. The molecular formula is C18H12BrN3O4S3. The Balaban J connectivity index is 1.65. The normalized spacial score (nSPS) is 18.8. The summed E-state index contributed by atoms with van der Waals surface area (Å²) in [7, 11) is -2.26. The number of nitrogens with one attached hydrogen (secondary N) is 1. The zero-order valence-corrected chi connectivity index (χ0v) is 18.8. The van der Waals surface area contributed by atoms with Gasteiger partial charge in [0.15, 0.2) is 10.2 Å². The van der Waals surface area contributed by atoms with E-state index in [0.29, 0.717) is 21.8 Å². The molecule has 1 saturated heterocycles. The number of ether oxygens (including phenoxy) is 1. The first kappa shape index (κ1) is 20.1. The van der Waals surface area contributed by atoms with Crippen LogP contribution in [0.1, 0.15) is 11.1 Å². The smallest absolute Gasteiger partial charge is 0.285 e. The number of carbonyl (C=O) groups excluding carboxylic acids is 1. The summed E-state index contributed by atoms with van der Waals surface area (Å²) in [4.78, 5) is 13.4. The van der Waals surface area contributed by atoms with E-state index in [2.05, 4.69) is 25.8 Å².